The van der Waals surface area contributed by atoms with E-state index in [4.69, 9.17) is 0 Å². The number of carbonyl (C=O) groups excluding carboxylic acids is 2. The first-order valence-electron chi connectivity index (χ1n) is 7.92. The van der Waals surface area contributed by atoms with Crippen molar-refractivity contribution < 1.29 is 14.0 Å². The van der Waals surface area contributed by atoms with E-state index in [-0.39, 0.29) is 30.5 Å². The van der Waals surface area contributed by atoms with Crippen molar-refractivity contribution in [3.05, 3.63) is 54.3 Å². The molecular weight excluding hydrogens is 323 g/mol. The van der Waals surface area contributed by atoms with Gasteiger partial charge in [-0.2, -0.15) is 5.10 Å². The number of rotatable bonds is 3. The van der Waals surface area contributed by atoms with E-state index in [1.807, 2.05) is 24.3 Å². The molecule has 6 nitrogen and oxygen atoms in total. The fraction of sp³-hybridized carbons (Fsp3) is 0.167. The molecule has 2 N–H and O–H groups in total. The molecule has 126 valence electrons. The van der Waals surface area contributed by atoms with Crippen LogP contribution in [0.2, 0.25) is 0 Å². The molecule has 4 rings (SSSR count). The van der Waals surface area contributed by atoms with Crippen molar-refractivity contribution >= 4 is 34.2 Å². The monoisotopic (exact) mass is 338 g/mol. The van der Waals surface area contributed by atoms with Crippen molar-refractivity contribution in [2.45, 2.75) is 6.42 Å². The quantitative estimate of drug-likeness (QED) is 0.771. The highest BCUT2D eigenvalue weighted by Gasteiger charge is 2.37. The lowest BCUT2D eigenvalue weighted by Crippen LogP contribution is -2.28. The molecule has 1 aromatic heterocycles. The van der Waals surface area contributed by atoms with Crippen LogP contribution in [-0.2, 0) is 9.59 Å². The maximum Gasteiger partial charge on any atom is 0.229 e. The van der Waals surface area contributed by atoms with Crippen LogP contribution >= 0.6 is 0 Å². The molecule has 2 amide bonds. The normalized spacial score (nSPS) is 17.2. The molecule has 3 aromatic rings. The summed E-state index contributed by atoms with van der Waals surface area (Å²) in [6.45, 7) is 0.216. The van der Waals surface area contributed by atoms with Crippen LogP contribution in [0.4, 0.5) is 15.9 Å². The topological polar surface area (TPSA) is 78.1 Å². The largest absolute Gasteiger partial charge is 0.323 e. The highest BCUT2D eigenvalue weighted by Crippen LogP contribution is 2.30. The molecule has 0 saturated carbocycles. The number of hydrogen-bond donors (Lipinski definition) is 2. The van der Waals surface area contributed by atoms with Gasteiger partial charge in [-0.3, -0.25) is 19.6 Å². The van der Waals surface area contributed by atoms with Gasteiger partial charge in [0, 0.05) is 18.4 Å². The van der Waals surface area contributed by atoms with Crippen molar-refractivity contribution in [3.63, 3.8) is 0 Å². The van der Waals surface area contributed by atoms with Crippen LogP contribution in [0.1, 0.15) is 6.42 Å². The molecule has 0 unspecified atom stereocenters. The molecule has 0 bridgehead atoms. The van der Waals surface area contributed by atoms with Crippen LogP contribution in [0.3, 0.4) is 0 Å². The Morgan fingerprint density at radius 1 is 1.20 bits per heavy atom. The number of para-hydroxylation sites is 2. The number of nitrogens with one attached hydrogen (secondary N) is 2. The minimum atomic E-state index is -0.553. The minimum Gasteiger partial charge on any atom is -0.323 e. The molecule has 1 aliphatic heterocycles. The molecule has 1 fully saturated rings. The smallest absolute Gasteiger partial charge is 0.229 e. The van der Waals surface area contributed by atoms with Crippen LogP contribution in [0.25, 0.3) is 10.9 Å². The van der Waals surface area contributed by atoms with E-state index in [1.165, 1.54) is 17.0 Å². The number of benzene rings is 2. The molecule has 1 atom stereocenters. The number of aromatic nitrogens is 2. The third kappa shape index (κ3) is 2.73. The zero-order valence-corrected chi connectivity index (χ0v) is 13.2. The first-order chi connectivity index (χ1) is 12.1. The van der Waals surface area contributed by atoms with E-state index in [1.54, 1.807) is 12.1 Å². The number of carbonyl (C=O) groups is 2. The Kier molecular flexibility index (Phi) is 3.68. The van der Waals surface area contributed by atoms with Gasteiger partial charge < -0.3 is 5.32 Å². The molecule has 2 aromatic carbocycles. The summed E-state index contributed by atoms with van der Waals surface area (Å²) in [6, 6.07) is 13.4. The predicted molar refractivity (Wildman–Crippen MR) is 91.6 cm³/mol. The molecule has 25 heavy (non-hydrogen) atoms. The van der Waals surface area contributed by atoms with Crippen LogP contribution < -0.4 is 10.2 Å². The third-order valence-electron chi connectivity index (χ3n) is 4.33. The number of H-pyrrole nitrogens is 1. The molecule has 0 aliphatic carbocycles. The zero-order valence-electron chi connectivity index (χ0n) is 13.2. The summed E-state index contributed by atoms with van der Waals surface area (Å²) in [5, 5.41) is 10.5. The maximum atomic E-state index is 13.7. The van der Waals surface area contributed by atoms with E-state index >= 15 is 0 Å². The fourth-order valence-electron chi connectivity index (χ4n) is 3.04. The summed E-state index contributed by atoms with van der Waals surface area (Å²) >= 11 is 0. The molecule has 7 heteroatoms. The van der Waals surface area contributed by atoms with Crippen molar-refractivity contribution in [1.29, 1.82) is 0 Å². The van der Waals surface area contributed by atoms with Gasteiger partial charge >= 0.3 is 0 Å². The molecular formula is C18H15FN4O2. The minimum absolute atomic E-state index is 0.0709. The van der Waals surface area contributed by atoms with Gasteiger partial charge in [-0.15, -0.1) is 0 Å². The number of anilines is 2. The molecule has 0 spiro atoms. The SMILES string of the molecule is O=C(Nc1ccccc1F)[C@H]1CC(=O)N(c2n[nH]c3ccccc23)C1. The average Bonchev–Trinajstić information content (AvgIpc) is 3.20. The summed E-state index contributed by atoms with van der Waals surface area (Å²) in [5.74, 6) is -1.09. The Morgan fingerprint density at radius 3 is 2.80 bits per heavy atom. The van der Waals surface area contributed by atoms with E-state index in [9.17, 15) is 14.0 Å². The van der Waals surface area contributed by atoms with Crippen LogP contribution in [0.5, 0.6) is 0 Å². The first kappa shape index (κ1) is 15.3. The van der Waals surface area contributed by atoms with Crippen LogP contribution in [0, 0.1) is 11.7 Å². The summed E-state index contributed by atoms with van der Waals surface area (Å²) < 4.78 is 13.7. The van der Waals surface area contributed by atoms with Gasteiger partial charge in [0.1, 0.15) is 5.82 Å². The second-order valence-electron chi connectivity index (χ2n) is 5.97. The average molecular weight is 338 g/mol. The van der Waals surface area contributed by atoms with E-state index < -0.39 is 11.7 Å². The summed E-state index contributed by atoms with van der Waals surface area (Å²) in [7, 11) is 0. The van der Waals surface area contributed by atoms with Crippen molar-refractivity contribution in [2.24, 2.45) is 5.92 Å². The third-order valence-corrected chi connectivity index (χ3v) is 4.33. The Bertz CT molecular complexity index is 968. The number of halogens is 1. The van der Waals surface area contributed by atoms with E-state index in [0.717, 1.165) is 10.9 Å². The Balaban J connectivity index is 1.54. The number of hydrogen-bond acceptors (Lipinski definition) is 3. The Hall–Kier alpha value is -3.22. The number of nitrogens with zero attached hydrogens (tertiary/aromatic N) is 2. The number of aromatic amines is 1. The molecule has 0 radical (unpaired) electrons. The number of fused-ring (bicyclic) bond motifs is 1. The second kappa shape index (κ2) is 6.01. The van der Waals surface area contributed by atoms with E-state index in [0.29, 0.717) is 5.82 Å². The van der Waals surface area contributed by atoms with Gasteiger partial charge in [-0.25, -0.2) is 4.39 Å². The predicted octanol–water partition coefficient (Wildman–Crippen LogP) is 2.69. The molecule has 1 aliphatic rings. The zero-order chi connectivity index (χ0) is 17.4. The van der Waals surface area contributed by atoms with Gasteiger partial charge in [-0.05, 0) is 24.3 Å². The summed E-state index contributed by atoms with van der Waals surface area (Å²) in [6.07, 6.45) is 0.0709. The highest BCUT2D eigenvalue weighted by atomic mass is 19.1. The Labute approximate surface area is 142 Å². The Morgan fingerprint density at radius 2 is 1.96 bits per heavy atom. The lowest BCUT2D eigenvalue weighted by atomic mass is 10.1. The number of amides is 2. The van der Waals surface area contributed by atoms with Gasteiger partial charge in [0.25, 0.3) is 0 Å². The van der Waals surface area contributed by atoms with Gasteiger partial charge in [0.05, 0.1) is 17.1 Å². The standard InChI is InChI=1S/C18H15FN4O2/c19-13-6-2-4-8-15(13)20-18(25)11-9-16(24)23(10-11)17-12-5-1-3-7-14(12)21-22-17/h1-8,11H,9-10H2,(H,20,25)(H,21,22)/t11-/m0/s1. The maximum absolute atomic E-state index is 13.7. The van der Waals surface area contributed by atoms with Crippen molar-refractivity contribution in [1.82, 2.24) is 10.2 Å². The van der Waals surface area contributed by atoms with E-state index in [2.05, 4.69) is 15.5 Å². The van der Waals surface area contributed by atoms with Crippen LogP contribution in [0.15, 0.2) is 48.5 Å². The highest BCUT2D eigenvalue weighted by molar-refractivity contribution is 6.06. The van der Waals surface area contributed by atoms with Gasteiger partial charge in [0.2, 0.25) is 11.8 Å². The first-order valence-corrected chi connectivity index (χ1v) is 7.92. The summed E-state index contributed by atoms with van der Waals surface area (Å²) in [4.78, 5) is 26.3. The summed E-state index contributed by atoms with van der Waals surface area (Å²) in [5.41, 5.74) is 0.938. The lowest BCUT2D eigenvalue weighted by Gasteiger charge is -2.14. The van der Waals surface area contributed by atoms with Crippen molar-refractivity contribution in [2.75, 3.05) is 16.8 Å². The van der Waals surface area contributed by atoms with Crippen LogP contribution in [-0.4, -0.2) is 28.6 Å². The fourth-order valence-corrected chi connectivity index (χ4v) is 3.04. The lowest BCUT2D eigenvalue weighted by molar-refractivity contribution is -0.122. The van der Waals surface area contributed by atoms with Gasteiger partial charge in [0.15, 0.2) is 5.82 Å². The molecule has 1 saturated heterocycles. The second-order valence-corrected chi connectivity index (χ2v) is 5.97. The molecule has 2 heterocycles. The van der Waals surface area contributed by atoms with Gasteiger partial charge in [-0.1, -0.05) is 24.3 Å². The van der Waals surface area contributed by atoms with Crippen molar-refractivity contribution in [3.8, 4) is 0 Å².